The molecule has 0 amide bonds. The Hall–Kier alpha value is -3.34. The monoisotopic (exact) mass is 567 g/mol. The lowest BCUT2D eigenvalue weighted by Crippen LogP contribution is -2.59. The van der Waals surface area contributed by atoms with Gasteiger partial charge in [-0.1, -0.05) is 60.5 Å². The van der Waals surface area contributed by atoms with Crippen molar-refractivity contribution in [2.45, 2.75) is 105 Å². The summed E-state index contributed by atoms with van der Waals surface area (Å²) in [6.45, 7) is 13.3. The molecule has 0 saturated heterocycles. The van der Waals surface area contributed by atoms with Crippen molar-refractivity contribution in [1.29, 1.82) is 0 Å². The molecule has 0 radical (unpaired) electrons. The van der Waals surface area contributed by atoms with Gasteiger partial charge in [-0.2, -0.15) is 0 Å². The van der Waals surface area contributed by atoms with E-state index >= 15 is 0 Å². The van der Waals surface area contributed by atoms with Gasteiger partial charge in [0.25, 0.3) is 5.72 Å². The maximum atomic E-state index is 12.8. The zero-order chi connectivity index (χ0) is 30.3. The average molecular weight is 568 g/mol. The van der Waals surface area contributed by atoms with Gasteiger partial charge in [-0.3, -0.25) is 10.1 Å². The van der Waals surface area contributed by atoms with Crippen LogP contribution in [-0.4, -0.2) is 54.3 Å². The summed E-state index contributed by atoms with van der Waals surface area (Å²) in [6, 6.07) is 3.85. The third kappa shape index (κ3) is 12.7. The summed E-state index contributed by atoms with van der Waals surface area (Å²) in [5.41, 5.74) is -2.22. The van der Waals surface area contributed by atoms with Crippen LogP contribution < -0.4 is 14.8 Å². The van der Waals surface area contributed by atoms with Crippen LogP contribution in [0.1, 0.15) is 92.6 Å². The van der Waals surface area contributed by atoms with Gasteiger partial charge in [0, 0.05) is 12.5 Å². The molecule has 226 valence electrons. The second-order valence-corrected chi connectivity index (χ2v) is 10.9. The number of carbonyl (C=O) groups excluding carboxylic acids is 3. The fourth-order valence-corrected chi connectivity index (χ4v) is 3.41. The van der Waals surface area contributed by atoms with Gasteiger partial charge < -0.3 is 28.8 Å². The normalized spacial score (nSPS) is 13.5. The molecule has 1 rings (SSSR count). The highest BCUT2D eigenvalue weighted by Crippen LogP contribution is 2.32. The summed E-state index contributed by atoms with van der Waals surface area (Å²) in [7, 11) is 0. The highest BCUT2D eigenvalue weighted by Gasteiger charge is 2.44. The van der Waals surface area contributed by atoms with Crippen molar-refractivity contribution in [3.63, 3.8) is 0 Å². The quantitative estimate of drug-likeness (QED) is 0.0796. The van der Waals surface area contributed by atoms with Gasteiger partial charge in [-0.25, -0.2) is 14.4 Å². The lowest BCUT2D eigenvalue weighted by atomic mass is 9.92. The summed E-state index contributed by atoms with van der Waals surface area (Å²) in [5, 5.41) is 13.2. The molecule has 11 nitrogen and oxygen atoms in total. The maximum absolute atomic E-state index is 12.8. The standard InChI is InChI=1S/C29H45NO10/c1-8-11-15-36-26(34)38-22-14-13-21(17-23(22)39-27(35)37-16-12-9-2)18-29(25(32)33,30-20(4)10-3)40-24(31)19-28(5,6)7/h13-14,17,20,30H,8-12,15-16,18-19H2,1-7H3,(H,32,33)/t20?,29-/m0/s1. The van der Waals surface area contributed by atoms with Gasteiger partial charge >= 0.3 is 24.2 Å². The van der Waals surface area contributed by atoms with E-state index in [4.69, 9.17) is 23.7 Å². The minimum atomic E-state index is -2.11. The summed E-state index contributed by atoms with van der Waals surface area (Å²) < 4.78 is 26.2. The van der Waals surface area contributed by atoms with Crippen molar-refractivity contribution in [3.05, 3.63) is 23.8 Å². The second-order valence-electron chi connectivity index (χ2n) is 10.9. The number of carboxylic acid groups (broad SMARTS) is 1. The van der Waals surface area contributed by atoms with Crippen molar-refractivity contribution < 1.29 is 48.0 Å². The molecule has 2 N–H and O–H groups in total. The molecular formula is C29H45NO10. The molecule has 0 bridgehead atoms. The molecule has 0 fully saturated rings. The number of ether oxygens (including phenoxy) is 5. The molecule has 1 aromatic rings. The first-order valence-electron chi connectivity index (χ1n) is 13.8. The molecule has 0 heterocycles. The molecule has 0 aromatic heterocycles. The number of aliphatic carboxylic acids is 1. The summed E-state index contributed by atoms with van der Waals surface area (Å²) in [6.07, 6.45) is 1.14. The van der Waals surface area contributed by atoms with Crippen molar-refractivity contribution in [3.8, 4) is 11.5 Å². The van der Waals surface area contributed by atoms with Gasteiger partial charge in [-0.05, 0) is 49.3 Å². The van der Waals surface area contributed by atoms with Crippen molar-refractivity contribution >= 4 is 24.2 Å². The highest BCUT2D eigenvalue weighted by atomic mass is 16.7. The van der Waals surface area contributed by atoms with Crippen molar-refractivity contribution in [1.82, 2.24) is 5.32 Å². The molecule has 0 spiro atoms. The first-order chi connectivity index (χ1) is 18.7. The van der Waals surface area contributed by atoms with Crippen LogP contribution in [0.25, 0.3) is 0 Å². The summed E-state index contributed by atoms with van der Waals surface area (Å²) >= 11 is 0. The first-order valence-corrected chi connectivity index (χ1v) is 13.8. The number of hydrogen-bond donors (Lipinski definition) is 2. The predicted molar refractivity (Wildman–Crippen MR) is 147 cm³/mol. The van der Waals surface area contributed by atoms with Gasteiger partial charge in [0.1, 0.15) is 0 Å². The lowest BCUT2D eigenvalue weighted by molar-refractivity contribution is -0.185. The minimum absolute atomic E-state index is 0.00486. The van der Waals surface area contributed by atoms with Crippen LogP contribution >= 0.6 is 0 Å². The molecule has 11 heteroatoms. The molecule has 2 atom stereocenters. The molecule has 1 unspecified atom stereocenters. The van der Waals surface area contributed by atoms with Crippen LogP contribution in [0.2, 0.25) is 0 Å². The molecule has 0 aliphatic carbocycles. The fraction of sp³-hybridized carbons (Fsp3) is 0.655. The van der Waals surface area contributed by atoms with E-state index in [0.717, 1.165) is 12.8 Å². The number of esters is 1. The Morgan fingerprint density at radius 2 is 1.45 bits per heavy atom. The van der Waals surface area contributed by atoms with Crippen LogP contribution in [0.15, 0.2) is 18.2 Å². The van der Waals surface area contributed by atoms with E-state index in [9.17, 15) is 24.3 Å². The number of carboxylic acids is 1. The molecular weight excluding hydrogens is 522 g/mol. The number of unbranched alkanes of at least 4 members (excludes halogenated alkanes) is 2. The van der Waals surface area contributed by atoms with E-state index < -0.39 is 35.4 Å². The van der Waals surface area contributed by atoms with Gasteiger partial charge in [0.05, 0.1) is 19.6 Å². The van der Waals surface area contributed by atoms with E-state index in [0.29, 0.717) is 24.8 Å². The Bertz CT molecular complexity index is 988. The summed E-state index contributed by atoms with van der Waals surface area (Å²) in [5.74, 6) is -2.39. The molecule has 40 heavy (non-hydrogen) atoms. The van der Waals surface area contributed by atoms with Crippen LogP contribution in [-0.2, 0) is 30.2 Å². The van der Waals surface area contributed by atoms with Crippen LogP contribution in [0.4, 0.5) is 9.59 Å². The lowest BCUT2D eigenvalue weighted by Gasteiger charge is -2.34. The van der Waals surface area contributed by atoms with E-state index in [2.05, 4.69) is 5.32 Å². The number of carbonyl (C=O) groups is 4. The topological polar surface area (TPSA) is 147 Å². The Morgan fingerprint density at radius 1 is 0.900 bits per heavy atom. The summed E-state index contributed by atoms with van der Waals surface area (Å²) in [4.78, 5) is 49.9. The van der Waals surface area contributed by atoms with Crippen molar-refractivity contribution in [2.24, 2.45) is 5.41 Å². The smallest absolute Gasteiger partial charge is 0.477 e. The number of benzene rings is 1. The minimum Gasteiger partial charge on any atom is -0.477 e. The number of rotatable bonds is 16. The Kier molecular flexibility index (Phi) is 14.5. The Balaban J connectivity index is 3.40. The first kappa shape index (κ1) is 34.7. The third-order valence-corrected chi connectivity index (χ3v) is 5.68. The number of hydrogen-bond acceptors (Lipinski definition) is 10. The van der Waals surface area contributed by atoms with E-state index in [1.165, 1.54) is 18.2 Å². The van der Waals surface area contributed by atoms with Crippen LogP contribution in [0.5, 0.6) is 11.5 Å². The Morgan fingerprint density at radius 3 is 1.93 bits per heavy atom. The average Bonchev–Trinajstić information content (AvgIpc) is 2.84. The number of nitrogens with one attached hydrogen (secondary N) is 1. The molecule has 1 aromatic carbocycles. The second kappa shape index (κ2) is 16.7. The fourth-order valence-electron chi connectivity index (χ4n) is 3.41. The highest BCUT2D eigenvalue weighted by molar-refractivity contribution is 5.82. The van der Waals surface area contributed by atoms with Gasteiger partial charge in [0.15, 0.2) is 11.5 Å². The van der Waals surface area contributed by atoms with Gasteiger partial charge in [0.2, 0.25) is 0 Å². The van der Waals surface area contributed by atoms with Crippen LogP contribution in [0, 0.1) is 5.41 Å². The van der Waals surface area contributed by atoms with E-state index in [-0.39, 0.29) is 43.6 Å². The SMILES string of the molecule is CCCCOC(=O)Oc1ccc(C[C@](NC(C)CC)(OC(=O)CC(C)(C)C)C(=O)O)cc1OC(=O)OCCCC. The molecule has 0 aliphatic rings. The van der Waals surface area contributed by atoms with E-state index in [1.807, 2.05) is 41.5 Å². The zero-order valence-electron chi connectivity index (χ0n) is 24.8. The van der Waals surface area contributed by atoms with E-state index in [1.54, 1.807) is 6.92 Å². The zero-order valence-corrected chi connectivity index (χ0v) is 24.8. The van der Waals surface area contributed by atoms with Crippen molar-refractivity contribution in [2.75, 3.05) is 13.2 Å². The Labute approximate surface area is 236 Å². The van der Waals surface area contributed by atoms with Crippen LogP contribution in [0.3, 0.4) is 0 Å². The molecule has 0 aliphatic heterocycles. The maximum Gasteiger partial charge on any atom is 0.513 e. The van der Waals surface area contributed by atoms with Gasteiger partial charge in [-0.15, -0.1) is 0 Å². The predicted octanol–water partition coefficient (Wildman–Crippen LogP) is 6.01. The molecule has 0 saturated carbocycles. The third-order valence-electron chi connectivity index (χ3n) is 5.68. The largest absolute Gasteiger partial charge is 0.513 e.